The summed E-state index contributed by atoms with van der Waals surface area (Å²) in [4.78, 5) is 32.5. The standard InChI is InChI=1S/C18H23N3O4/c22-16(20-5-7-24-8-6-20)9-14-10-18(25-11-14)12-21(13-18)17(23)15-3-1-2-4-19-15/h1-4,14H,5-13H2. The quantitative estimate of drug-likeness (QED) is 0.801. The van der Waals surface area contributed by atoms with Crippen LogP contribution < -0.4 is 0 Å². The molecule has 3 aliphatic rings. The van der Waals surface area contributed by atoms with Gasteiger partial charge in [0.15, 0.2) is 0 Å². The van der Waals surface area contributed by atoms with Crippen molar-refractivity contribution in [2.24, 2.45) is 5.92 Å². The number of amides is 2. The molecule has 3 aliphatic heterocycles. The molecule has 0 aliphatic carbocycles. The van der Waals surface area contributed by atoms with Gasteiger partial charge in [-0.05, 0) is 24.5 Å². The molecule has 0 saturated carbocycles. The first-order valence-corrected chi connectivity index (χ1v) is 8.85. The molecule has 7 nitrogen and oxygen atoms in total. The van der Waals surface area contributed by atoms with Gasteiger partial charge in [-0.3, -0.25) is 14.6 Å². The Labute approximate surface area is 146 Å². The molecule has 3 saturated heterocycles. The fourth-order valence-corrected chi connectivity index (χ4v) is 3.92. The number of carbonyl (C=O) groups excluding carboxylic acids is 2. The summed E-state index contributed by atoms with van der Waals surface area (Å²) < 4.78 is 11.3. The Bertz CT molecular complexity index is 639. The number of likely N-dealkylation sites (tertiary alicyclic amines) is 1. The second kappa shape index (κ2) is 6.72. The van der Waals surface area contributed by atoms with Crippen molar-refractivity contribution in [3.8, 4) is 0 Å². The summed E-state index contributed by atoms with van der Waals surface area (Å²) >= 11 is 0. The minimum atomic E-state index is -0.263. The van der Waals surface area contributed by atoms with Crippen LogP contribution in [0.5, 0.6) is 0 Å². The topological polar surface area (TPSA) is 72.0 Å². The van der Waals surface area contributed by atoms with Gasteiger partial charge in [0, 0.05) is 25.7 Å². The Morgan fingerprint density at radius 3 is 2.72 bits per heavy atom. The number of rotatable bonds is 3. The summed E-state index contributed by atoms with van der Waals surface area (Å²) in [5.74, 6) is 0.375. The smallest absolute Gasteiger partial charge is 0.272 e. The largest absolute Gasteiger partial charge is 0.378 e. The number of pyridine rings is 1. The Kier molecular flexibility index (Phi) is 4.43. The van der Waals surface area contributed by atoms with Crippen LogP contribution >= 0.6 is 0 Å². The number of ether oxygens (including phenoxy) is 2. The maximum atomic E-state index is 12.4. The van der Waals surface area contributed by atoms with Crippen molar-refractivity contribution in [2.45, 2.75) is 18.4 Å². The van der Waals surface area contributed by atoms with E-state index in [1.165, 1.54) is 0 Å². The SMILES string of the molecule is O=C(CC1COC2(C1)CN(C(=O)c1ccccn1)C2)N1CCOCC1. The molecule has 7 heteroatoms. The first kappa shape index (κ1) is 16.5. The van der Waals surface area contributed by atoms with E-state index in [-0.39, 0.29) is 23.3 Å². The van der Waals surface area contributed by atoms with Crippen molar-refractivity contribution in [3.05, 3.63) is 30.1 Å². The van der Waals surface area contributed by atoms with Crippen molar-refractivity contribution in [2.75, 3.05) is 46.0 Å². The lowest BCUT2D eigenvalue weighted by molar-refractivity contribution is -0.136. The predicted octanol–water partition coefficient (Wildman–Crippen LogP) is 0.562. The fraction of sp³-hybridized carbons (Fsp3) is 0.611. The van der Waals surface area contributed by atoms with Gasteiger partial charge in [-0.2, -0.15) is 0 Å². The highest BCUT2D eigenvalue weighted by molar-refractivity contribution is 5.93. The highest BCUT2D eigenvalue weighted by atomic mass is 16.5. The van der Waals surface area contributed by atoms with E-state index >= 15 is 0 Å². The maximum Gasteiger partial charge on any atom is 0.272 e. The third-order valence-electron chi connectivity index (χ3n) is 5.24. The highest BCUT2D eigenvalue weighted by Crippen LogP contribution is 2.39. The van der Waals surface area contributed by atoms with Gasteiger partial charge in [0.1, 0.15) is 11.3 Å². The minimum absolute atomic E-state index is 0.0531. The molecule has 4 rings (SSSR count). The molecule has 1 atom stereocenters. The van der Waals surface area contributed by atoms with Crippen LogP contribution in [0.4, 0.5) is 0 Å². The van der Waals surface area contributed by atoms with Crippen LogP contribution in [0.15, 0.2) is 24.4 Å². The van der Waals surface area contributed by atoms with E-state index in [0.717, 1.165) is 6.42 Å². The molecule has 25 heavy (non-hydrogen) atoms. The normalized spacial score (nSPS) is 25.0. The molecule has 4 heterocycles. The highest BCUT2D eigenvalue weighted by Gasteiger charge is 2.51. The van der Waals surface area contributed by atoms with Crippen molar-refractivity contribution in [1.29, 1.82) is 0 Å². The van der Waals surface area contributed by atoms with E-state index in [9.17, 15) is 9.59 Å². The first-order chi connectivity index (χ1) is 12.2. The molecule has 0 bridgehead atoms. The summed E-state index contributed by atoms with van der Waals surface area (Å²) in [6.45, 7) is 4.40. The molecular formula is C18H23N3O4. The van der Waals surface area contributed by atoms with Crippen LogP contribution in [0.1, 0.15) is 23.3 Å². The molecule has 0 aromatic carbocycles. The van der Waals surface area contributed by atoms with E-state index < -0.39 is 0 Å². The monoisotopic (exact) mass is 345 g/mol. The molecule has 1 spiro atoms. The Morgan fingerprint density at radius 1 is 1.20 bits per heavy atom. The van der Waals surface area contributed by atoms with E-state index in [0.29, 0.717) is 58.1 Å². The summed E-state index contributed by atoms with van der Waals surface area (Å²) in [7, 11) is 0. The molecule has 1 aromatic heterocycles. The molecule has 1 aromatic rings. The number of carbonyl (C=O) groups is 2. The van der Waals surface area contributed by atoms with Crippen LogP contribution in [-0.2, 0) is 14.3 Å². The van der Waals surface area contributed by atoms with Crippen LogP contribution in [0.2, 0.25) is 0 Å². The van der Waals surface area contributed by atoms with Crippen molar-refractivity contribution in [3.63, 3.8) is 0 Å². The Hall–Kier alpha value is -1.99. The van der Waals surface area contributed by atoms with Gasteiger partial charge in [0.2, 0.25) is 5.91 Å². The van der Waals surface area contributed by atoms with E-state index in [1.54, 1.807) is 23.2 Å². The number of aromatic nitrogens is 1. The third kappa shape index (κ3) is 3.39. The van der Waals surface area contributed by atoms with Gasteiger partial charge in [-0.25, -0.2) is 0 Å². The zero-order valence-corrected chi connectivity index (χ0v) is 14.2. The predicted molar refractivity (Wildman–Crippen MR) is 88.9 cm³/mol. The third-order valence-corrected chi connectivity index (χ3v) is 5.24. The van der Waals surface area contributed by atoms with Gasteiger partial charge >= 0.3 is 0 Å². The van der Waals surface area contributed by atoms with Gasteiger partial charge < -0.3 is 19.3 Å². The molecule has 134 valence electrons. The van der Waals surface area contributed by atoms with Gasteiger partial charge in [0.05, 0.1) is 32.9 Å². The molecule has 0 radical (unpaired) electrons. The van der Waals surface area contributed by atoms with Crippen LogP contribution in [0, 0.1) is 5.92 Å². The number of morpholine rings is 1. The molecule has 0 N–H and O–H groups in total. The lowest BCUT2D eigenvalue weighted by atomic mass is 9.85. The number of hydrogen-bond acceptors (Lipinski definition) is 5. The second-order valence-corrected chi connectivity index (χ2v) is 7.14. The second-order valence-electron chi connectivity index (χ2n) is 7.14. The van der Waals surface area contributed by atoms with E-state index in [1.807, 2.05) is 11.0 Å². The minimum Gasteiger partial charge on any atom is -0.378 e. The summed E-state index contributed by atoms with van der Waals surface area (Å²) in [6, 6.07) is 5.34. The lowest BCUT2D eigenvalue weighted by Crippen LogP contribution is -2.63. The van der Waals surface area contributed by atoms with Gasteiger partial charge in [-0.15, -0.1) is 0 Å². The molecule has 2 amide bonds. The zero-order valence-electron chi connectivity index (χ0n) is 14.2. The average molecular weight is 345 g/mol. The first-order valence-electron chi connectivity index (χ1n) is 8.85. The van der Waals surface area contributed by atoms with Crippen molar-refractivity contribution in [1.82, 2.24) is 14.8 Å². The average Bonchev–Trinajstić information content (AvgIpc) is 3.05. The zero-order chi connectivity index (χ0) is 17.3. The van der Waals surface area contributed by atoms with Gasteiger partial charge in [0.25, 0.3) is 5.91 Å². The van der Waals surface area contributed by atoms with E-state index in [2.05, 4.69) is 4.98 Å². The lowest BCUT2D eigenvalue weighted by Gasteiger charge is -2.47. The summed E-state index contributed by atoms with van der Waals surface area (Å²) in [6.07, 6.45) is 2.99. The van der Waals surface area contributed by atoms with Crippen LogP contribution in [0.3, 0.4) is 0 Å². The van der Waals surface area contributed by atoms with Gasteiger partial charge in [-0.1, -0.05) is 6.07 Å². The molecule has 3 fully saturated rings. The van der Waals surface area contributed by atoms with Crippen LogP contribution in [0.25, 0.3) is 0 Å². The fourth-order valence-electron chi connectivity index (χ4n) is 3.92. The van der Waals surface area contributed by atoms with Crippen molar-refractivity contribution < 1.29 is 19.1 Å². The number of hydrogen-bond donors (Lipinski definition) is 0. The Morgan fingerprint density at radius 2 is 2.00 bits per heavy atom. The van der Waals surface area contributed by atoms with E-state index in [4.69, 9.17) is 9.47 Å². The Balaban J connectivity index is 1.27. The summed E-state index contributed by atoms with van der Waals surface area (Å²) in [5.41, 5.74) is 0.204. The maximum absolute atomic E-state index is 12.4. The van der Waals surface area contributed by atoms with Crippen LogP contribution in [-0.4, -0.2) is 78.2 Å². The van der Waals surface area contributed by atoms with Crippen molar-refractivity contribution >= 4 is 11.8 Å². The number of nitrogens with zero attached hydrogens (tertiary/aromatic N) is 3. The molecular weight excluding hydrogens is 322 g/mol. The molecule has 1 unspecified atom stereocenters. The summed E-state index contributed by atoms with van der Waals surface area (Å²) in [5, 5.41) is 0.